The lowest BCUT2D eigenvalue weighted by Crippen LogP contribution is -2.42. The number of hydrogen-bond acceptors (Lipinski definition) is 4. The van der Waals surface area contributed by atoms with E-state index in [4.69, 9.17) is 0 Å². The minimum absolute atomic E-state index is 0.0449. The van der Waals surface area contributed by atoms with Crippen molar-refractivity contribution in [1.82, 2.24) is 15.2 Å². The maximum atomic E-state index is 12.4. The van der Waals surface area contributed by atoms with Crippen LogP contribution in [0.25, 0.3) is 10.2 Å². The van der Waals surface area contributed by atoms with Gasteiger partial charge in [0.25, 0.3) is 5.91 Å². The molecule has 1 aromatic carbocycles. The Labute approximate surface area is 147 Å². The summed E-state index contributed by atoms with van der Waals surface area (Å²) >= 11 is 1.58. The van der Waals surface area contributed by atoms with Crippen LogP contribution in [0.15, 0.2) is 23.7 Å². The number of carbonyl (C=O) groups excluding carboxylic acids is 1. The predicted octanol–water partition coefficient (Wildman–Crippen LogP) is 3.68. The van der Waals surface area contributed by atoms with Crippen LogP contribution < -0.4 is 5.32 Å². The zero-order valence-electron chi connectivity index (χ0n) is 14.0. The Bertz CT molecular complexity index is 699. The Morgan fingerprint density at radius 1 is 1.21 bits per heavy atom. The lowest BCUT2D eigenvalue weighted by atomic mass is 9.95. The fourth-order valence-corrected chi connectivity index (χ4v) is 4.84. The Hall–Kier alpha value is -1.46. The molecular formula is C19H25N3OS. The summed E-state index contributed by atoms with van der Waals surface area (Å²) < 4.78 is 1.08. The number of hydrogen-bond donors (Lipinski definition) is 1. The number of nitrogens with zero attached hydrogens (tertiary/aromatic N) is 2. The third kappa shape index (κ3) is 3.47. The SMILES string of the molecule is O=C(NCC1CCN(C2CCCC2)CC1)c1ccc2ncsc2c1. The smallest absolute Gasteiger partial charge is 0.251 e. The molecule has 128 valence electrons. The van der Waals surface area contributed by atoms with Crippen molar-refractivity contribution in [3.63, 3.8) is 0 Å². The maximum Gasteiger partial charge on any atom is 0.251 e. The van der Waals surface area contributed by atoms with Crippen molar-refractivity contribution in [1.29, 1.82) is 0 Å². The lowest BCUT2D eigenvalue weighted by Gasteiger charge is -2.36. The standard InChI is InChI=1S/C19H25N3OS/c23-19(15-5-6-17-18(11-15)24-13-21-17)20-12-14-7-9-22(10-8-14)16-3-1-2-4-16/h5-6,11,13-14,16H,1-4,7-10,12H2,(H,20,23). The number of nitrogens with one attached hydrogen (secondary N) is 1. The molecule has 0 spiro atoms. The van der Waals surface area contributed by atoms with Gasteiger partial charge in [-0.1, -0.05) is 12.8 Å². The van der Waals surface area contributed by atoms with Gasteiger partial charge in [0.05, 0.1) is 15.7 Å². The predicted molar refractivity (Wildman–Crippen MR) is 98.5 cm³/mol. The Kier molecular flexibility index (Phi) is 4.81. The molecule has 0 unspecified atom stereocenters. The van der Waals surface area contributed by atoms with Crippen molar-refractivity contribution in [3.8, 4) is 0 Å². The first-order chi connectivity index (χ1) is 11.8. The molecule has 1 saturated carbocycles. The van der Waals surface area contributed by atoms with Crippen LogP contribution in [-0.2, 0) is 0 Å². The summed E-state index contributed by atoms with van der Waals surface area (Å²) in [6.45, 7) is 3.22. The summed E-state index contributed by atoms with van der Waals surface area (Å²) in [6, 6.07) is 6.60. The summed E-state index contributed by atoms with van der Waals surface area (Å²) in [7, 11) is 0. The van der Waals surface area contributed by atoms with E-state index in [0.717, 1.165) is 28.4 Å². The summed E-state index contributed by atoms with van der Waals surface area (Å²) in [6.07, 6.45) is 8.02. The maximum absolute atomic E-state index is 12.4. The molecule has 0 atom stereocenters. The monoisotopic (exact) mass is 343 g/mol. The van der Waals surface area contributed by atoms with E-state index in [9.17, 15) is 4.79 Å². The van der Waals surface area contributed by atoms with Crippen molar-refractivity contribution in [3.05, 3.63) is 29.3 Å². The van der Waals surface area contributed by atoms with Crippen LogP contribution in [0.2, 0.25) is 0 Å². The van der Waals surface area contributed by atoms with Crippen molar-refractivity contribution < 1.29 is 4.79 Å². The molecule has 0 radical (unpaired) electrons. The fourth-order valence-electron chi connectivity index (χ4n) is 4.13. The first-order valence-electron chi connectivity index (χ1n) is 9.15. The molecule has 24 heavy (non-hydrogen) atoms. The van der Waals surface area contributed by atoms with E-state index in [1.807, 2.05) is 23.7 Å². The van der Waals surface area contributed by atoms with E-state index >= 15 is 0 Å². The molecule has 1 aliphatic carbocycles. The van der Waals surface area contributed by atoms with E-state index in [1.165, 1.54) is 51.6 Å². The van der Waals surface area contributed by atoms with Crippen LogP contribution in [-0.4, -0.2) is 41.5 Å². The van der Waals surface area contributed by atoms with E-state index in [-0.39, 0.29) is 5.91 Å². The summed E-state index contributed by atoms with van der Waals surface area (Å²) in [5, 5.41) is 3.14. The minimum atomic E-state index is 0.0449. The topological polar surface area (TPSA) is 45.2 Å². The fraction of sp³-hybridized carbons (Fsp3) is 0.579. The molecule has 1 saturated heterocycles. The van der Waals surface area contributed by atoms with E-state index in [1.54, 1.807) is 11.3 Å². The molecule has 1 aliphatic heterocycles. The van der Waals surface area contributed by atoms with Crippen molar-refractivity contribution >= 4 is 27.5 Å². The molecule has 1 N–H and O–H groups in total. The third-order valence-electron chi connectivity index (χ3n) is 5.63. The first-order valence-corrected chi connectivity index (χ1v) is 10.0. The van der Waals surface area contributed by atoms with E-state index < -0.39 is 0 Å². The number of carbonyl (C=O) groups is 1. The van der Waals surface area contributed by atoms with Gasteiger partial charge in [-0.2, -0.15) is 0 Å². The molecule has 2 aromatic rings. The van der Waals surface area contributed by atoms with Gasteiger partial charge in [0.2, 0.25) is 0 Å². The molecule has 2 heterocycles. The highest BCUT2D eigenvalue weighted by molar-refractivity contribution is 7.16. The number of benzene rings is 1. The second kappa shape index (κ2) is 7.19. The minimum Gasteiger partial charge on any atom is -0.352 e. The molecule has 2 fully saturated rings. The second-order valence-electron chi connectivity index (χ2n) is 7.16. The molecule has 1 aromatic heterocycles. The Morgan fingerprint density at radius 2 is 2.00 bits per heavy atom. The molecule has 2 aliphatic rings. The zero-order valence-corrected chi connectivity index (χ0v) is 14.9. The molecule has 5 heteroatoms. The van der Waals surface area contributed by atoms with Gasteiger partial charge in [0.15, 0.2) is 0 Å². The number of likely N-dealkylation sites (tertiary alicyclic amines) is 1. The average molecular weight is 343 g/mol. The summed E-state index contributed by atoms with van der Waals surface area (Å²) in [5.41, 5.74) is 3.54. The van der Waals surface area contributed by atoms with Gasteiger partial charge in [-0.3, -0.25) is 4.79 Å². The first kappa shape index (κ1) is 16.0. The largest absolute Gasteiger partial charge is 0.352 e. The van der Waals surface area contributed by atoms with Crippen molar-refractivity contribution in [2.45, 2.75) is 44.6 Å². The average Bonchev–Trinajstić information content (AvgIpc) is 3.30. The second-order valence-corrected chi connectivity index (χ2v) is 8.05. The van der Waals surface area contributed by atoms with Crippen molar-refractivity contribution in [2.75, 3.05) is 19.6 Å². The quantitative estimate of drug-likeness (QED) is 0.921. The van der Waals surface area contributed by atoms with Gasteiger partial charge in [-0.15, -0.1) is 11.3 Å². The van der Waals surface area contributed by atoms with Crippen LogP contribution in [0, 0.1) is 5.92 Å². The molecule has 4 nitrogen and oxygen atoms in total. The third-order valence-corrected chi connectivity index (χ3v) is 6.43. The summed E-state index contributed by atoms with van der Waals surface area (Å²) in [5.74, 6) is 0.669. The van der Waals surface area contributed by atoms with Gasteiger partial charge in [-0.25, -0.2) is 4.98 Å². The zero-order chi connectivity index (χ0) is 16.4. The lowest BCUT2D eigenvalue weighted by molar-refractivity contribution is 0.0925. The highest BCUT2D eigenvalue weighted by Gasteiger charge is 2.27. The molecular weight excluding hydrogens is 318 g/mol. The Balaban J connectivity index is 1.26. The molecule has 0 bridgehead atoms. The van der Waals surface area contributed by atoms with Crippen LogP contribution in [0.4, 0.5) is 0 Å². The Morgan fingerprint density at radius 3 is 2.79 bits per heavy atom. The number of aromatic nitrogens is 1. The van der Waals surface area contributed by atoms with Crippen LogP contribution in [0.1, 0.15) is 48.9 Å². The van der Waals surface area contributed by atoms with E-state index in [0.29, 0.717) is 5.92 Å². The normalized spacial score (nSPS) is 20.7. The summed E-state index contributed by atoms with van der Waals surface area (Å²) in [4.78, 5) is 19.3. The molecule has 4 rings (SSSR count). The van der Waals surface area contributed by atoms with Gasteiger partial charge in [0.1, 0.15) is 0 Å². The molecule has 1 amide bonds. The van der Waals surface area contributed by atoms with E-state index in [2.05, 4.69) is 15.2 Å². The van der Waals surface area contributed by atoms with Gasteiger partial charge >= 0.3 is 0 Å². The number of piperidine rings is 1. The highest BCUT2D eigenvalue weighted by atomic mass is 32.1. The van der Waals surface area contributed by atoms with Crippen molar-refractivity contribution in [2.24, 2.45) is 5.92 Å². The van der Waals surface area contributed by atoms with Crippen LogP contribution in [0.3, 0.4) is 0 Å². The van der Waals surface area contributed by atoms with Gasteiger partial charge < -0.3 is 10.2 Å². The van der Waals surface area contributed by atoms with Gasteiger partial charge in [0, 0.05) is 18.2 Å². The van der Waals surface area contributed by atoms with Crippen LogP contribution >= 0.6 is 11.3 Å². The van der Waals surface area contributed by atoms with Gasteiger partial charge in [-0.05, 0) is 62.9 Å². The van der Waals surface area contributed by atoms with Crippen LogP contribution in [0.5, 0.6) is 0 Å². The number of fused-ring (bicyclic) bond motifs is 1. The number of thiazole rings is 1. The highest BCUT2D eigenvalue weighted by Crippen LogP contribution is 2.27. The number of amides is 1. The number of rotatable bonds is 4.